The maximum absolute atomic E-state index is 11.6. The van der Waals surface area contributed by atoms with E-state index in [0.717, 1.165) is 11.3 Å². The monoisotopic (exact) mass is 267 g/mol. The van der Waals surface area contributed by atoms with Crippen LogP contribution < -0.4 is 10.6 Å². The molecule has 20 heavy (non-hydrogen) atoms. The molecular weight excluding hydrogens is 250 g/mol. The summed E-state index contributed by atoms with van der Waals surface area (Å²) >= 11 is 0. The van der Waals surface area contributed by atoms with Crippen molar-refractivity contribution in [1.29, 1.82) is 0 Å². The van der Waals surface area contributed by atoms with Crippen LogP contribution in [0.5, 0.6) is 0 Å². The number of anilines is 1. The lowest BCUT2D eigenvalue weighted by Crippen LogP contribution is -2.23. The van der Waals surface area contributed by atoms with Crippen molar-refractivity contribution in [3.05, 3.63) is 65.6 Å². The van der Waals surface area contributed by atoms with Crippen LogP contribution in [0, 0.1) is 13.8 Å². The average Bonchev–Trinajstić information content (AvgIpc) is 2.44. The molecule has 2 aromatic rings. The van der Waals surface area contributed by atoms with Gasteiger partial charge >= 0.3 is 6.03 Å². The molecule has 2 amide bonds. The van der Waals surface area contributed by atoms with E-state index in [1.165, 1.54) is 5.56 Å². The number of hydrogen-bond donors (Lipinski definition) is 2. The third kappa shape index (κ3) is 4.24. The van der Waals surface area contributed by atoms with E-state index in [1.54, 1.807) is 12.4 Å². The second-order valence-electron chi connectivity index (χ2n) is 4.53. The van der Waals surface area contributed by atoms with Crippen molar-refractivity contribution >= 4 is 17.8 Å². The summed E-state index contributed by atoms with van der Waals surface area (Å²) in [4.78, 5) is 15.7. The summed E-state index contributed by atoms with van der Waals surface area (Å²) < 4.78 is 0. The molecule has 0 aliphatic heterocycles. The molecule has 0 saturated carbocycles. The molecule has 1 heterocycles. The number of aryl methyl sites for hydroxylation is 2. The lowest BCUT2D eigenvalue weighted by atomic mass is 10.1. The fourth-order valence-electron chi connectivity index (χ4n) is 1.60. The Kier molecular flexibility index (Phi) is 4.50. The van der Waals surface area contributed by atoms with Crippen molar-refractivity contribution < 1.29 is 4.79 Å². The zero-order valence-corrected chi connectivity index (χ0v) is 11.6. The predicted octanol–water partition coefficient (Wildman–Crippen LogP) is 3.49. The smallest absolute Gasteiger partial charge is 0.314 e. The van der Waals surface area contributed by atoms with Crippen molar-refractivity contribution in [2.75, 3.05) is 5.32 Å². The minimum atomic E-state index is -0.293. The number of rotatable bonds is 3. The molecule has 4 heteroatoms. The summed E-state index contributed by atoms with van der Waals surface area (Å²) in [6, 6.07) is 11.4. The molecule has 0 radical (unpaired) electrons. The molecule has 0 fully saturated rings. The fraction of sp³-hybridized carbons (Fsp3) is 0.125. The van der Waals surface area contributed by atoms with Gasteiger partial charge in [0.15, 0.2) is 0 Å². The molecule has 0 atom stereocenters. The summed E-state index contributed by atoms with van der Waals surface area (Å²) in [5.74, 6) is 0. The molecule has 0 spiro atoms. The Hall–Kier alpha value is -2.62. The first-order valence-electron chi connectivity index (χ1n) is 6.37. The summed E-state index contributed by atoms with van der Waals surface area (Å²) in [7, 11) is 0. The van der Waals surface area contributed by atoms with Gasteiger partial charge in [-0.3, -0.25) is 4.98 Å². The molecule has 1 aromatic carbocycles. The van der Waals surface area contributed by atoms with Crippen LogP contribution in [-0.2, 0) is 0 Å². The van der Waals surface area contributed by atoms with Crippen molar-refractivity contribution in [3.63, 3.8) is 0 Å². The molecule has 2 rings (SSSR count). The topological polar surface area (TPSA) is 54.0 Å². The van der Waals surface area contributed by atoms with E-state index in [0.29, 0.717) is 5.69 Å². The van der Waals surface area contributed by atoms with Crippen LogP contribution in [0.4, 0.5) is 10.5 Å². The quantitative estimate of drug-likeness (QED) is 0.894. The highest BCUT2D eigenvalue weighted by Crippen LogP contribution is 2.06. The first-order valence-corrected chi connectivity index (χ1v) is 6.37. The molecule has 0 unspecified atom stereocenters. The van der Waals surface area contributed by atoms with Crippen LogP contribution >= 0.6 is 0 Å². The SMILES string of the molecule is Cc1ccc(/C=C/NC(=O)Nc2ccc(C)nc2)cc1. The van der Waals surface area contributed by atoms with Gasteiger partial charge in [0.2, 0.25) is 0 Å². The number of hydrogen-bond acceptors (Lipinski definition) is 2. The van der Waals surface area contributed by atoms with Gasteiger partial charge < -0.3 is 10.6 Å². The first kappa shape index (κ1) is 13.8. The number of carbonyl (C=O) groups is 1. The van der Waals surface area contributed by atoms with Crippen LogP contribution in [0.3, 0.4) is 0 Å². The van der Waals surface area contributed by atoms with Gasteiger partial charge in [0, 0.05) is 11.9 Å². The van der Waals surface area contributed by atoms with Gasteiger partial charge in [-0.15, -0.1) is 0 Å². The summed E-state index contributed by atoms with van der Waals surface area (Å²) in [6.07, 6.45) is 5.08. The molecule has 1 aromatic heterocycles. The molecule has 2 N–H and O–H groups in total. The van der Waals surface area contributed by atoms with E-state index in [-0.39, 0.29) is 6.03 Å². The van der Waals surface area contributed by atoms with Crippen LogP contribution in [-0.4, -0.2) is 11.0 Å². The minimum absolute atomic E-state index is 0.293. The van der Waals surface area contributed by atoms with E-state index in [4.69, 9.17) is 0 Å². The number of nitrogens with zero attached hydrogens (tertiary/aromatic N) is 1. The molecule has 0 aliphatic rings. The van der Waals surface area contributed by atoms with E-state index in [9.17, 15) is 4.79 Å². The van der Waals surface area contributed by atoms with Gasteiger partial charge in [-0.05, 0) is 37.6 Å². The minimum Gasteiger partial charge on any atom is -0.314 e. The largest absolute Gasteiger partial charge is 0.323 e. The van der Waals surface area contributed by atoms with Crippen LogP contribution in [0.15, 0.2) is 48.8 Å². The number of pyridine rings is 1. The molecule has 4 nitrogen and oxygen atoms in total. The highest BCUT2D eigenvalue weighted by molar-refractivity contribution is 5.90. The third-order valence-electron chi connectivity index (χ3n) is 2.74. The zero-order chi connectivity index (χ0) is 14.4. The second kappa shape index (κ2) is 6.52. The molecule has 0 aliphatic carbocycles. The van der Waals surface area contributed by atoms with Crippen molar-refractivity contribution in [2.45, 2.75) is 13.8 Å². The van der Waals surface area contributed by atoms with Crippen molar-refractivity contribution in [1.82, 2.24) is 10.3 Å². The number of urea groups is 1. The highest BCUT2D eigenvalue weighted by atomic mass is 16.2. The highest BCUT2D eigenvalue weighted by Gasteiger charge is 1.98. The summed E-state index contributed by atoms with van der Waals surface area (Å²) in [6.45, 7) is 3.93. The number of nitrogens with one attached hydrogen (secondary N) is 2. The Balaban J connectivity index is 1.85. The van der Waals surface area contributed by atoms with Gasteiger partial charge in [0.1, 0.15) is 0 Å². The van der Waals surface area contributed by atoms with E-state index in [1.807, 2.05) is 56.3 Å². The Morgan fingerprint density at radius 3 is 2.50 bits per heavy atom. The first-order chi connectivity index (χ1) is 9.63. The third-order valence-corrected chi connectivity index (χ3v) is 2.74. The number of amides is 2. The van der Waals surface area contributed by atoms with Gasteiger partial charge in [-0.2, -0.15) is 0 Å². The molecule has 0 saturated heterocycles. The Morgan fingerprint density at radius 2 is 1.85 bits per heavy atom. The maximum Gasteiger partial charge on any atom is 0.323 e. The lowest BCUT2D eigenvalue weighted by molar-refractivity contribution is 0.255. The van der Waals surface area contributed by atoms with E-state index in [2.05, 4.69) is 15.6 Å². The fourth-order valence-corrected chi connectivity index (χ4v) is 1.60. The van der Waals surface area contributed by atoms with Gasteiger partial charge in [0.25, 0.3) is 0 Å². The predicted molar refractivity (Wildman–Crippen MR) is 81.3 cm³/mol. The molecule has 102 valence electrons. The molecular formula is C16H17N3O. The lowest BCUT2D eigenvalue weighted by Gasteiger charge is -2.04. The van der Waals surface area contributed by atoms with E-state index < -0.39 is 0 Å². The van der Waals surface area contributed by atoms with Crippen molar-refractivity contribution in [2.24, 2.45) is 0 Å². The van der Waals surface area contributed by atoms with Crippen LogP contribution in [0.25, 0.3) is 6.08 Å². The normalized spacial score (nSPS) is 10.5. The Bertz CT molecular complexity index is 601. The summed E-state index contributed by atoms with van der Waals surface area (Å²) in [5, 5.41) is 5.35. The Morgan fingerprint density at radius 1 is 1.10 bits per heavy atom. The zero-order valence-electron chi connectivity index (χ0n) is 11.6. The number of carbonyl (C=O) groups excluding carboxylic acids is 1. The summed E-state index contributed by atoms with van der Waals surface area (Å²) in [5.41, 5.74) is 3.82. The molecule has 0 bridgehead atoms. The van der Waals surface area contributed by atoms with Crippen molar-refractivity contribution in [3.8, 4) is 0 Å². The number of benzene rings is 1. The average molecular weight is 267 g/mol. The van der Waals surface area contributed by atoms with Gasteiger partial charge in [-0.25, -0.2) is 4.79 Å². The second-order valence-corrected chi connectivity index (χ2v) is 4.53. The Labute approximate surface area is 118 Å². The van der Waals surface area contributed by atoms with Gasteiger partial charge in [-0.1, -0.05) is 29.8 Å². The van der Waals surface area contributed by atoms with Crippen LogP contribution in [0.1, 0.15) is 16.8 Å². The van der Waals surface area contributed by atoms with Gasteiger partial charge in [0.05, 0.1) is 11.9 Å². The standard InChI is InChI=1S/C16H17N3O/c1-12-3-6-14(7-4-12)9-10-17-16(20)19-15-8-5-13(2)18-11-15/h3-11H,1-2H3,(H2,17,19,20)/b10-9+. The maximum atomic E-state index is 11.6. The van der Waals surface area contributed by atoms with E-state index >= 15 is 0 Å². The van der Waals surface area contributed by atoms with Crippen LogP contribution in [0.2, 0.25) is 0 Å². The number of aromatic nitrogens is 1.